The Morgan fingerprint density at radius 2 is 1.82 bits per heavy atom. The maximum Gasteiger partial charge on any atom is 0.275 e. The van der Waals surface area contributed by atoms with Crippen molar-refractivity contribution in [2.45, 2.75) is 30.6 Å². The minimum atomic E-state index is -1.65. The third kappa shape index (κ3) is 5.44. The van der Waals surface area contributed by atoms with Crippen molar-refractivity contribution >= 4 is 29.0 Å². The van der Waals surface area contributed by atoms with Gasteiger partial charge in [0.15, 0.2) is 12.1 Å². The molecule has 9 heteroatoms. The number of halogens is 1. The molecule has 1 aliphatic rings. The van der Waals surface area contributed by atoms with Crippen molar-refractivity contribution in [3.63, 3.8) is 0 Å². The molecular formula is C30H26FN4O2S2+. The largest absolute Gasteiger partial charge is 0.296 e. The Hall–Kier alpha value is -3.63. The molecule has 1 unspecified atom stereocenters. The van der Waals surface area contributed by atoms with E-state index in [1.54, 1.807) is 17.5 Å². The molecule has 2 aromatic heterocycles. The second-order valence-electron chi connectivity index (χ2n) is 9.71. The molecule has 0 aliphatic heterocycles. The number of carbonyl (C=O) groups excluding carboxylic acids is 1. The van der Waals surface area contributed by atoms with Gasteiger partial charge in [-0.2, -0.15) is 9.65 Å². The fourth-order valence-corrected chi connectivity index (χ4v) is 6.00. The first-order valence-corrected chi connectivity index (χ1v) is 14.8. The van der Waals surface area contributed by atoms with Crippen molar-refractivity contribution < 1.29 is 13.7 Å². The van der Waals surface area contributed by atoms with Gasteiger partial charge in [0.1, 0.15) is 5.69 Å². The summed E-state index contributed by atoms with van der Waals surface area (Å²) in [5.41, 5.74) is 7.06. The van der Waals surface area contributed by atoms with Crippen LogP contribution in [0.3, 0.4) is 0 Å². The fraction of sp³-hybridized carbons (Fsp3) is 0.167. The minimum absolute atomic E-state index is 0.0904. The van der Waals surface area contributed by atoms with E-state index < -0.39 is 17.2 Å². The van der Waals surface area contributed by atoms with Crippen LogP contribution in [0, 0.1) is 11.7 Å². The highest BCUT2D eigenvalue weighted by Gasteiger charge is 2.29. The molecule has 1 aliphatic carbocycles. The van der Waals surface area contributed by atoms with Crippen molar-refractivity contribution in [3.8, 4) is 27.5 Å². The number of aldehydes is 1. The van der Waals surface area contributed by atoms with Crippen molar-refractivity contribution in [1.82, 2.24) is 14.8 Å². The third-order valence-electron chi connectivity index (χ3n) is 6.90. The minimum Gasteiger partial charge on any atom is -0.296 e. The van der Waals surface area contributed by atoms with Crippen molar-refractivity contribution in [3.05, 3.63) is 107 Å². The highest BCUT2D eigenvalue weighted by atomic mass is 32.2. The van der Waals surface area contributed by atoms with Crippen LogP contribution < -0.4 is 5.14 Å². The molecule has 6 nitrogen and oxygen atoms in total. The predicted molar refractivity (Wildman–Crippen MR) is 154 cm³/mol. The van der Waals surface area contributed by atoms with E-state index in [1.165, 1.54) is 17.4 Å². The number of aromatic nitrogens is 3. The molecule has 0 amide bonds. The fourth-order valence-electron chi connectivity index (χ4n) is 4.81. The smallest absolute Gasteiger partial charge is 0.275 e. The first-order valence-electron chi connectivity index (χ1n) is 12.6. The van der Waals surface area contributed by atoms with Crippen LogP contribution in [0.2, 0.25) is 0 Å². The van der Waals surface area contributed by atoms with Crippen LogP contribution >= 0.6 is 11.3 Å². The molecule has 1 saturated carbocycles. The first kappa shape index (κ1) is 25.6. The molecule has 39 heavy (non-hydrogen) atoms. The van der Waals surface area contributed by atoms with Gasteiger partial charge in [0.2, 0.25) is 10.0 Å². The molecular weight excluding hydrogens is 531 g/mol. The standard InChI is InChI=1S/C30H26FN4O2S2/c31-26-14-20(11-12-28(26)39(32)37)13-25-27(15-19-9-10-19)34-35(30-33-24(17-36)18-38-30)29(25)23-8-4-7-22(16-23)21-5-2-1-3-6-21/h1-8,11-12,14,16-19,37H,9-10,13,15,32H2/q+1. The molecule has 5 aromatic rings. The molecule has 6 rings (SSSR count). The van der Waals surface area contributed by atoms with Gasteiger partial charge < -0.3 is 0 Å². The van der Waals surface area contributed by atoms with Crippen LogP contribution in [-0.2, 0) is 24.2 Å². The lowest BCUT2D eigenvalue weighted by Crippen LogP contribution is -2.13. The lowest BCUT2D eigenvalue weighted by atomic mass is 9.95. The van der Waals surface area contributed by atoms with Crippen LogP contribution in [-0.4, -0.2) is 25.6 Å². The van der Waals surface area contributed by atoms with E-state index in [2.05, 4.69) is 29.2 Å². The van der Waals surface area contributed by atoms with E-state index in [0.717, 1.165) is 64.8 Å². The number of benzene rings is 3. The van der Waals surface area contributed by atoms with Crippen LogP contribution in [0.1, 0.15) is 40.2 Å². The van der Waals surface area contributed by atoms with E-state index in [0.29, 0.717) is 23.2 Å². The molecule has 0 saturated heterocycles. The number of nitrogens with two attached hydrogens (primary N) is 1. The van der Waals surface area contributed by atoms with E-state index >= 15 is 0 Å². The Morgan fingerprint density at radius 1 is 1.05 bits per heavy atom. The van der Waals surface area contributed by atoms with Gasteiger partial charge in [-0.3, -0.25) is 4.79 Å². The summed E-state index contributed by atoms with van der Waals surface area (Å²) >= 11 is -0.286. The van der Waals surface area contributed by atoms with Gasteiger partial charge in [-0.25, -0.2) is 14.1 Å². The Kier molecular flexibility index (Phi) is 7.14. The lowest BCUT2D eigenvalue weighted by Gasteiger charge is -2.11. The van der Waals surface area contributed by atoms with Crippen LogP contribution in [0.5, 0.6) is 0 Å². The second-order valence-corrected chi connectivity index (χ2v) is 11.6. The summed E-state index contributed by atoms with van der Waals surface area (Å²) < 4.78 is 26.4. The van der Waals surface area contributed by atoms with Gasteiger partial charge in [0.05, 0.1) is 11.4 Å². The van der Waals surface area contributed by atoms with Crippen molar-refractivity contribution in [2.24, 2.45) is 11.1 Å². The zero-order valence-electron chi connectivity index (χ0n) is 21.0. The number of rotatable bonds is 9. The van der Waals surface area contributed by atoms with Crippen LogP contribution in [0.15, 0.2) is 83.1 Å². The summed E-state index contributed by atoms with van der Waals surface area (Å²) in [6, 6.07) is 23.2. The van der Waals surface area contributed by atoms with Crippen molar-refractivity contribution in [2.75, 3.05) is 0 Å². The van der Waals surface area contributed by atoms with E-state index in [9.17, 15) is 13.7 Å². The highest BCUT2D eigenvalue weighted by Crippen LogP contribution is 2.39. The monoisotopic (exact) mass is 557 g/mol. The summed E-state index contributed by atoms with van der Waals surface area (Å²) in [5.74, 6) is 0.0466. The van der Waals surface area contributed by atoms with Gasteiger partial charge in [-0.15, -0.1) is 16.5 Å². The molecule has 1 fully saturated rings. The van der Waals surface area contributed by atoms with Gasteiger partial charge in [-0.1, -0.05) is 54.6 Å². The maximum atomic E-state index is 14.8. The maximum absolute atomic E-state index is 14.8. The summed E-state index contributed by atoms with van der Waals surface area (Å²) in [7, 11) is 0. The Morgan fingerprint density at radius 3 is 2.51 bits per heavy atom. The molecule has 0 spiro atoms. The van der Waals surface area contributed by atoms with Gasteiger partial charge in [0, 0.05) is 29.0 Å². The SMILES string of the molecule is N[S+](O)c1ccc(Cc2c(CC3CC3)nn(-c3nc(C=O)cs3)c2-c2cccc(-c3ccccc3)c2)cc1F. The zero-order valence-corrected chi connectivity index (χ0v) is 22.6. The molecule has 1 atom stereocenters. The quantitative estimate of drug-likeness (QED) is 0.160. The second kappa shape index (κ2) is 10.9. The zero-order chi connectivity index (χ0) is 26.9. The predicted octanol–water partition coefficient (Wildman–Crippen LogP) is 6.48. The average Bonchev–Trinajstić information content (AvgIpc) is 3.52. The number of nitrogens with zero attached hydrogens (tertiary/aromatic N) is 3. The lowest BCUT2D eigenvalue weighted by molar-refractivity contribution is 0.111. The number of carbonyl (C=O) groups is 1. The van der Waals surface area contributed by atoms with E-state index in [1.807, 2.05) is 35.0 Å². The first-order chi connectivity index (χ1) is 19.0. The Labute approximate surface area is 232 Å². The molecule has 3 N–H and O–H groups in total. The van der Waals surface area contributed by atoms with E-state index in [-0.39, 0.29) is 4.90 Å². The summed E-state index contributed by atoms with van der Waals surface area (Å²) in [5, 5.41) is 12.9. The number of hydrogen-bond donors (Lipinski definition) is 2. The average molecular weight is 558 g/mol. The number of thiazole rings is 1. The Bertz CT molecular complexity index is 1640. The topological polar surface area (TPSA) is 94.0 Å². The van der Waals surface area contributed by atoms with E-state index in [4.69, 9.17) is 10.2 Å². The normalized spacial score (nSPS) is 13.9. The van der Waals surface area contributed by atoms with Gasteiger partial charge >= 0.3 is 0 Å². The number of hydrogen-bond acceptors (Lipinski definition) is 6. The third-order valence-corrected chi connectivity index (χ3v) is 8.52. The summed E-state index contributed by atoms with van der Waals surface area (Å²) in [6.07, 6.45) is 4.33. The molecule has 3 aromatic carbocycles. The molecule has 2 heterocycles. The Balaban J connectivity index is 1.53. The van der Waals surface area contributed by atoms with Crippen LogP contribution in [0.4, 0.5) is 4.39 Å². The molecule has 0 bridgehead atoms. The highest BCUT2D eigenvalue weighted by molar-refractivity contribution is 7.89. The molecule has 0 radical (unpaired) electrons. The van der Waals surface area contributed by atoms with Crippen LogP contribution in [0.25, 0.3) is 27.5 Å². The van der Waals surface area contributed by atoms with Gasteiger partial charge in [-0.05, 0) is 54.0 Å². The van der Waals surface area contributed by atoms with Crippen molar-refractivity contribution in [1.29, 1.82) is 0 Å². The summed E-state index contributed by atoms with van der Waals surface area (Å²) in [4.78, 5) is 16.0. The van der Waals surface area contributed by atoms with Gasteiger partial charge in [0.25, 0.3) is 11.4 Å². The molecule has 196 valence electrons. The summed E-state index contributed by atoms with van der Waals surface area (Å²) in [6.45, 7) is 0.